The predicted octanol–water partition coefficient (Wildman–Crippen LogP) is 1.61. The minimum absolute atomic E-state index is 0.0587. The fraction of sp³-hybridized carbons (Fsp3) is 0.471. The molecule has 6 heteroatoms. The Morgan fingerprint density at radius 1 is 1.26 bits per heavy atom. The molecule has 1 amide bonds. The topological polar surface area (TPSA) is 63.1 Å². The summed E-state index contributed by atoms with van der Waals surface area (Å²) in [4.78, 5) is 14.0. The largest absolute Gasteiger partial charge is 0.353 e. The summed E-state index contributed by atoms with van der Waals surface area (Å²) in [5.41, 5.74) is 1.21. The van der Waals surface area contributed by atoms with Crippen molar-refractivity contribution in [1.29, 1.82) is 0 Å². The van der Waals surface area contributed by atoms with Crippen molar-refractivity contribution in [3.8, 4) is 0 Å². The van der Waals surface area contributed by atoms with Gasteiger partial charge in [-0.15, -0.1) is 10.2 Å². The van der Waals surface area contributed by atoms with Crippen molar-refractivity contribution in [2.45, 2.75) is 32.4 Å². The highest BCUT2D eigenvalue weighted by molar-refractivity contribution is 5.79. The molecule has 1 N–H and O–H groups in total. The second kappa shape index (κ2) is 6.50. The molecular weight excluding hydrogens is 290 g/mol. The maximum Gasteiger partial charge on any atom is 0.234 e. The third-order valence-corrected chi connectivity index (χ3v) is 4.32. The second-order valence-electron chi connectivity index (χ2n) is 6.32. The number of benzene rings is 1. The molecule has 0 spiro atoms. The SMILES string of the molecule is CC(C)c1nnc(CN2CC(=O)NCC2c2ccccc2)n1C. The van der Waals surface area contributed by atoms with Crippen LogP contribution in [0.2, 0.25) is 0 Å². The summed E-state index contributed by atoms with van der Waals surface area (Å²) >= 11 is 0. The lowest BCUT2D eigenvalue weighted by atomic mass is 10.0. The number of hydrogen-bond acceptors (Lipinski definition) is 4. The zero-order valence-electron chi connectivity index (χ0n) is 13.9. The predicted molar refractivity (Wildman–Crippen MR) is 87.7 cm³/mol. The standard InChI is InChI=1S/C17H23N5O/c1-12(2)17-20-19-15(21(17)3)10-22-11-16(23)18-9-14(22)13-7-5-4-6-8-13/h4-8,12,14H,9-11H2,1-3H3,(H,18,23). The molecule has 1 fully saturated rings. The number of rotatable bonds is 4. The van der Waals surface area contributed by atoms with Crippen LogP contribution < -0.4 is 5.32 Å². The van der Waals surface area contributed by atoms with E-state index >= 15 is 0 Å². The van der Waals surface area contributed by atoms with Crippen molar-refractivity contribution in [3.05, 3.63) is 47.5 Å². The van der Waals surface area contributed by atoms with Crippen LogP contribution in [-0.4, -0.2) is 38.7 Å². The number of piperazine rings is 1. The molecule has 6 nitrogen and oxygen atoms in total. The van der Waals surface area contributed by atoms with E-state index < -0.39 is 0 Å². The van der Waals surface area contributed by atoms with Gasteiger partial charge in [0.25, 0.3) is 0 Å². The molecule has 1 saturated heterocycles. The molecular formula is C17H23N5O. The second-order valence-corrected chi connectivity index (χ2v) is 6.32. The van der Waals surface area contributed by atoms with Crippen LogP contribution in [0.3, 0.4) is 0 Å². The van der Waals surface area contributed by atoms with E-state index in [1.807, 2.05) is 29.8 Å². The van der Waals surface area contributed by atoms with Gasteiger partial charge in [-0.3, -0.25) is 9.69 Å². The lowest BCUT2D eigenvalue weighted by Gasteiger charge is -2.35. The fourth-order valence-corrected chi connectivity index (χ4v) is 3.06. The molecule has 1 aromatic heterocycles. The van der Waals surface area contributed by atoms with Crippen LogP contribution in [-0.2, 0) is 18.4 Å². The van der Waals surface area contributed by atoms with Crippen molar-refractivity contribution in [2.24, 2.45) is 7.05 Å². The number of nitrogens with zero attached hydrogens (tertiary/aromatic N) is 4. The number of carbonyl (C=O) groups excluding carboxylic acids is 1. The van der Waals surface area contributed by atoms with E-state index in [1.54, 1.807) is 0 Å². The minimum atomic E-state index is 0.0587. The highest BCUT2D eigenvalue weighted by atomic mass is 16.2. The van der Waals surface area contributed by atoms with E-state index in [0.717, 1.165) is 11.6 Å². The highest BCUT2D eigenvalue weighted by Gasteiger charge is 2.29. The lowest BCUT2D eigenvalue weighted by Crippen LogP contribution is -2.49. The summed E-state index contributed by atoms with van der Waals surface area (Å²) in [6.45, 7) is 5.83. The highest BCUT2D eigenvalue weighted by Crippen LogP contribution is 2.24. The number of carbonyl (C=O) groups is 1. The molecule has 1 unspecified atom stereocenters. The fourth-order valence-electron chi connectivity index (χ4n) is 3.06. The molecule has 1 aliphatic rings. The molecule has 2 aromatic rings. The summed E-state index contributed by atoms with van der Waals surface area (Å²) in [5, 5.41) is 11.6. The minimum Gasteiger partial charge on any atom is -0.353 e. The van der Waals surface area contributed by atoms with E-state index in [4.69, 9.17) is 0 Å². The molecule has 122 valence electrons. The Labute approximate surface area is 136 Å². The van der Waals surface area contributed by atoms with E-state index in [-0.39, 0.29) is 11.9 Å². The van der Waals surface area contributed by atoms with Gasteiger partial charge in [0, 0.05) is 19.5 Å². The summed E-state index contributed by atoms with van der Waals surface area (Å²) in [5.74, 6) is 2.25. The molecule has 1 aromatic carbocycles. The van der Waals surface area contributed by atoms with Crippen LogP contribution in [0.1, 0.15) is 43.0 Å². The zero-order valence-corrected chi connectivity index (χ0v) is 13.9. The first-order valence-corrected chi connectivity index (χ1v) is 8.00. The van der Waals surface area contributed by atoms with Crippen LogP contribution in [0.15, 0.2) is 30.3 Å². The first-order chi connectivity index (χ1) is 11.1. The van der Waals surface area contributed by atoms with E-state index in [1.165, 1.54) is 5.56 Å². The first-order valence-electron chi connectivity index (χ1n) is 8.00. The van der Waals surface area contributed by atoms with Gasteiger partial charge in [-0.1, -0.05) is 44.2 Å². The molecule has 3 rings (SSSR count). The van der Waals surface area contributed by atoms with Crippen molar-refractivity contribution in [2.75, 3.05) is 13.1 Å². The van der Waals surface area contributed by atoms with Gasteiger partial charge in [0.1, 0.15) is 11.6 Å². The molecule has 0 aliphatic carbocycles. The Hall–Kier alpha value is -2.21. The smallest absolute Gasteiger partial charge is 0.234 e. The van der Waals surface area contributed by atoms with Gasteiger partial charge >= 0.3 is 0 Å². The van der Waals surface area contributed by atoms with Crippen LogP contribution >= 0.6 is 0 Å². The van der Waals surface area contributed by atoms with Crippen LogP contribution in [0, 0.1) is 0 Å². The van der Waals surface area contributed by atoms with Crippen LogP contribution in [0.25, 0.3) is 0 Å². The summed E-state index contributed by atoms with van der Waals surface area (Å²) in [7, 11) is 1.99. The van der Waals surface area contributed by atoms with Gasteiger partial charge in [0.15, 0.2) is 0 Å². The molecule has 0 radical (unpaired) electrons. The Morgan fingerprint density at radius 2 is 2.00 bits per heavy atom. The van der Waals surface area contributed by atoms with Gasteiger partial charge in [-0.25, -0.2) is 0 Å². The third-order valence-electron chi connectivity index (χ3n) is 4.32. The van der Waals surface area contributed by atoms with Gasteiger partial charge in [-0.2, -0.15) is 0 Å². The van der Waals surface area contributed by atoms with E-state index in [9.17, 15) is 4.79 Å². The average Bonchev–Trinajstić information content (AvgIpc) is 2.89. The number of nitrogens with one attached hydrogen (secondary N) is 1. The van der Waals surface area contributed by atoms with Crippen molar-refractivity contribution in [1.82, 2.24) is 25.0 Å². The average molecular weight is 313 g/mol. The summed E-state index contributed by atoms with van der Waals surface area (Å²) in [6, 6.07) is 10.4. The number of hydrogen-bond donors (Lipinski definition) is 1. The molecule has 1 aliphatic heterocycles. The molecule has 2 heterocycles. The maximum absolute atomic E-state index is 11.8. The van der Waals surface area contributed by atoms with Gasteiger partial charge in [0.05, 0.1) is 19.1 Å². The Morgan fingerprint density at radius 3 is 2.65 bits per heavy atom. The molecule has 0 bridgehead atoms. The number of aromatic nitrogens is 3. The summed E-state index contributed by atoms with van der Waals surface area (Å²) in [6.07, 6.45) is 0. The Kier molecular flexibility index (Phi) is 4.43. The number of amides is 1. The van der Waals surface area contributed by atoms with Crippen LogP contribution in [0.4, 0.5) is 0 Å². The van der Waals surface area contributed by atoms with Gasteiger partial charge < -0.3 is 9.88 Å². The van der Waals surface area contributed by atoms with E-state index in [0.29, 0.717) is 25.6 Å². The molecule has 0 saturated carbocycles. The molecule has 1 atom stereocenters. The maximum atomic E-state index is 11.8. The lowest BCUT2D eigenvalue weighted by molar-refractivity contribution is -0.126. The van der Waals surface area contributed by atoms with Gasteiger partial charge in [-0.05, 0) is 5.56 Å². The monoisotopic (exact) mass is 313 g/mol. The summed E-state index contributed by atoms with van der Waals surface area (Å²) < 4.78 is 2.04. The normalized spacial score (nSPS) is 19.1. The van der Waals surface area contributed by atoms with Crippen molar-refractivity contribution >= 4 is 5.91 Å². The third kappa shape index (κ3) is 3.27. The van der Waals surface area contributed by atoms with Gasteiger partial charge in [0.2, 0.25) is 5.91 Å². The van der Waals surface area contributed by atoms with Crippen molar-refractivity contribution in [3.63, 3.8) is 0 Å². The molecule has 23 heavy (non-hydrogen) atoms. The Bertz CT molecular complexity index is 680. The van der Waals surface area contributed by atoms with E-state index in [2.05, 4.69) is 46.4 Å². The van der Waals surface area contributed by atoms with Crippen LogP contribution in [0.5, 0.6) is 0 Å². The van der Waals surface area contributed by atoms with Crippen molar-refractivity contribution < 1.29 is 4.79 Å². The Balaban J connectivity index is 1.84. The first kappa shape index (κ1) is 15.7. The zero-order chi connectivity index (χ0) is 16.4. The quantitative estimate of drug-likeness (QED) is 0.931.